The van der Waals surface area contributed by atoms with Crippen LogP contribution in [0.3, 0.4) is 0 Å². The average Bonchev–Trinajstić information content (AvgIpc) is 3.14. The van der Waals surface area contributed by atoms with Gasteiger partial charge in [0.15, 0.2) is 12.6 Å². The smallest absolute Gasteiger partial charge is 0.313 e. The number of allylic oxidation sites excluding steroid dienone is 2. The number of aliphatic carboxylic acids is 1. The van der Waals surface area contributed by atoms with Crippen LogP contribution in [0.1, 0.15) is 93.4 Å². The SMILES string of the molecule is CC1(C)C[C@H]2C3=CC[C@@H]4[C@@]5(C)C[C@H](O)[C@H](O[C@@H]6O[C@H](CO)[C@@H](O)[C@H](O)[C@H]6O)C(C)(C)[C@@H]5CC[C@@]4(C)[C@]3(C)C[C@@H](O[C@@H]3O[C@H](CO)[C@@H](O)[C@H](O)[C@H]3O)[C@@]2(C(=O)O)C[C@@H]1O. The molecule has 5 aliphatic carbocycles. The second kappa shape index (κ2) is 14.9. The standard InChI is InChI=1S/C42H68O16/c1-37(2)12-19-18-8-9-24-39(5)13-20(45)33(58-35-32(52)30(50)28(48)22(17-44)56-35)38(3,4)23(39)10-11-40(24,6)41(18,7)15-26(42(19,36(53)54)14-25(37)46)57-34-31(51)29(49)27(47)21(16-43)55-34/h8,19-35,43-52H,9-17H2,1-7H3,(H,53,54)/t19-,20-,21+,22+,23-,24+,25-,26+,27+,28+,29-,30-,31+,32+,33-,34-,35-,39-,40+,41+,42+/m0/s1. The Hall–Kier alpha value is -1.35. The topological polar surface area (TPSA) is 277 Å². The van der Waals surface area contributed by atoms with E-state index in [-0.39, 0.29) is 24.7 Å². The molecule has 16 nitrogen and oxygen atoms in total. The van der Waals surface area contributed by atoms with Crippen molar-refractivity contribution in [2.24, 2.45) is 50.2 Å². The first-order valence-corrected chi connectivity index (χ1v) is 21.1. The van der Waals surface area contributed by atoms with E-state index in [9.17, 15) is 61.0 Å². The van der Waals surface area contributed by atoms with E-state index >= 15 is 0 Å². The van der Waals surface area contributed by atoms with Gasteiger partial charge in [0.1, 0.15) is 54.2 Å². The molecular formula is C42H68O16. The number of fused-ring (bicyclic) bond motifs is 7. The quantitative estimate of drug-likeness (QED) is 0.117. The van der Waals surface area contributed by atoms with E-state index in [1.807, 2.05) is 27.7 Å². The molecule has 7 aliphatic rings. The molecule has 4 saturated carbocycles. The van der Waals surface area contributed by atoms with Crippen LogP contribution in [0.25, 0.3) is 0 Å². The van der Waals surface area contributed by atoms with Gasteiger partial charge in [0.25, 0.3) is 0 Å². The molecule has 6 fully saturated rings. The average molecular weight is 829 g/mol. The first kappa shape index (κ1) is 44.7. The Morgan fingerprint density at radius 3 is 1.81 bits per heavy atom. The van der Waals surface area contributed by atoms with Crippen LogP contribution in [0, 0.1) is 50.2 Å². The minimum absolute atomic E-state index is 0.0264. The third kappa shape index (κ3) is 6.25. The van der Waals surface area contributed by atoms with E-state index in [0.717, 1.165) is 5.57 Å². The predicted molar refractivity (Wildman–Crippen MR) is 202 cm³/mol. The summed E-state index contributed by atoms with van der Waals surface area (Å²) in [7, 11) is 0. The molecular weight excluding hydrogens is 760 g/mol. The summed E-state index contributed by atoms with van der Waals surface area (Å²) < 4.78 is 24.4. The fourth-order valence-corrected chi connectivity index (χ4v) is 13.9. The van der Waals surface area contributed by atoms with Crippen molar-refractivity contribution in [2.75, 3.05) is 13.2 Å². The van der Waals surface area contributed by atoms with Crippen molar-refractivity contribution in [3.63, 3.8) is 0 Å². The van der Waals surface area contributed by atoms with Crippen LogP contribution in [0.4, 0.5) is 0 Å². The Bertz CT molecular complexity index is 1590. The normalized spacial score (nSPS) is 54.9. The van der Waals surface area contributed by atoms with Crippen LogP contribution in [-0.4, -0.2) is 161 Å². The lowest BCUT2D eigenvalue weighted by atomic mass is 9.33. The highest BCUT2D eigenvalue weighted by Crippen LogP contribution is 2.76. The molecule has 58 heavy (non-hydrogen) atoms. The minimum atomic E-state index is -1.76. The number of aliphatic hydroxyl groups is 10. The second-order valence-corrected chi connectivity index (χ2v) is 21.0. The Labute approximate surface area is 339 Å². The molecule has 0 radical (unpaired) electrons. The number of rotatable bonds is 7. The van der Waals surface area contributed by atoms with E-state index in [1.165, 1.54) is 0 Å². The number of hydrogen-bond donors (Lipinski definition) is 11. The maximum Gasteiger partial charge on any atom is 0.313 e. The summed E-state index contributed by atoms with van der Waals surface area (Å²) in [5.74, 6) is -1.82. The highest BCUT2D eigenvalue weighted by molar-refractivity contribution is 5.78. The van der Waals surface area contributed by atoms with Gasteiger partial charge in [-0.2, -0.15) is 0 Å². The summed E-state index contributed by atoms with van der Waals surface area (Å²) >= 11 is 0. The molecule has 2 heterocycles. The number of hydrogen-bond acceptors (Lipinski definition) is 15. The molecule has 2 aliphatic heterocycles. The van der Waals surface area contributed by atoms with Gasteiger partial charge >= 0.3 is 5.97 Å². The van der Waals surface area contributed by atoms with Gasteiger partial charge in [0.2, 0.25) is 0 Å². The van der Waals surface area contributed by atoms with Crippen LogP contribution < -0.4 is 0 Å². The zero-order chi connectivity index (χ0) is 42.9. The van der Waals surface area contributed by atoms with Crippen LogP contribution in [0.2, 0.25) is 0 Å². The van der Waals surface area contributed by atoms with Gasteiger partial charge in [-0.05, 0) is 89.8 Å². The molecule has 0 aromatic rings. The zero-order valence-corrected chi connectivity index (χ0v) is 34.7. The van der Waals surface area contributed by atoms with Crippen molar-refractivity contribution >= 4 is 5.97 Å². The van der Waals surface area contributed by atoms with Gasteiger partial charge in [-0.25, -0.2) is 0 Å². The first-order chi connectivity index (χ1) is 26.9. The summed E-state index contributed by atoms with van der Waals surface area (Å²) in [6.07, 6.45) is -14.6. The maximum atomic E-state index is 13.8. The Kier molecular flexibility index (Phi) is 11.5. The lowest BCUT2D eigenvalue weighted by Gasteiger charge is -2.72. The highest BCUT2D eigenvalue weighted by Gasteiger charge is 2.73. The Morgan fingerprint density at radius 2 is 1.28 bits per heavy atom. The monoisotopic (exact) mass is 828 g/mol. The molecule has 7 rings (SSSR count). The Balaban J connectivity index is 1.26. The van der Waals surface area contributed by atoms with Gasteiger partial charge in [-0.15, -0.1) is 0 Å². The van der Waals surface area contributed by atoms with E-state index in [2.05, 4.69) is 26.8 Å². The summed E-state index contributed by atoms with van der Waals surface area (Å²) in [5.41, 5.74) is -3.72. The van der Waals surface area contributed by atoms with Gasteiger partial charge in [-0.1, -0.05) is 60.1 Å². The number of ether oxygens (including phenoxy) is 4. The lowest BCUT2D eigenvalue weighted by Crippen LogP contribution is -2.71. The van der Waals surface area contributed by atoms with Crippen molar-refractivity contribution < 1.29 is 79.9 Å². The molecule has 0 bridgehead atoms. The molecule has 0 spiro atoms. The van der Waals surface area contributed by atoms with Gasteiger partial charge < -0.3 is 75.1 Å². The number of carbonyl (C=O) groups is 1. The minimum Gasteiger partial charge on any atom is -0.481 e. The van der Waals surface area contributed by atoms with Gasteiger partial charge in [-0.3, -0.25) is 4.79 Å². The van der Waals surface area contributed by atoms with E-state index in [4.69, 9.17) is 18.9 Å². The van der Waals surface area contributed by atoms with Gasteiger partial charge in [0, 0.05) is 0 Å². The predicted octanol–water partition coefficient (Wildman–Crippen LogP) is -0.206. The van der Waals surface area contributed by atoms with Crippen molar-refractivity contribution in [1.82, 2.24) is 0 Å². The molecule has 0 aromatic carbocycles. The largest absolute Gasteiger partial charge is 0.481 e. The molecule has 21 atom stereocenters. The van der Waals surface area contributed by atoms with E-state index < -0.39 is 143 Å². The molecule has 332 valence electrons. The van der Waals surface area contributed by atoms with Gasteiger partial charge in [0.05, 0.1) is 37.6 Å². The molecule has 0 unspecified atom stereocenters. The lowest BCUT2D eigenvalue weighted by molar-refractivity contribution is -0.343. The first-order valence-electron chi connectivity index (χ1n) is 21.1. The summed E-state index contributed by atoms with van der Waals surface area (Å²) in [5, 5.41) is 119. The van der Waals surface area contributed by atoms with Crippen molar-refractivity contribution in [3.8, 4) is 0 Å². The van der Waals surface area contributed by atoms with Crippen molar-refractivity contribution in [2.45, 2.75) is 179 Å². The van der Waals surface area contributed by atoms with E-state index in [0.29, 0.717) is 32.1 Å². The van der Waals surface area contributed by atoms with Crippen LogP contribution in [-0.2, 0) is 23.7 Å². The summed E-state index contributed by atoms with van der Waals surface area (Å²) in [6, 6.07) is 0. The highest BCUT2D eigenvalue weighted by atomic mass is 16.7. The molecule has 2 saturated heterocycles. The van der Waals surface area contributed by atoms with Crippen molar-refractivity contribution in [1.29, 1.82) is 0 Å². The van der Waals surface area contributed by atoms with Crippen LogP contribution in [0.5, 0.6) is 0 Å². The summed E-state index contributed by atoms with van der Waals surface area (Å²) in [6.45, 7) is 13.2. The maximum absolute atomic E-state index is 13.8. The number of carboxylic acids is 1. The van der Waals surface area contributed by atoms with Crippen molar-refractivity contribution in [3.05, 3.63) is 11.6 Å². The fraction of sp³-hybridized carbons (Fsp3) is 0.929. The van der Waals surface area contributed by atoms with Crippen LogP contribution in [0.15, 0.2) is 11.6 Å². The zero-order valence-electron chi connectivity index (χ0n) is 34.7. The van der Waals surface area contributed by atoms with Crippen LogP contribution >= 0.6 is 0 Å². The third-order valence-corrected chi connectivity index (χ3v) is 17.4. The summed E-state index contributed by atoms with van der Waals surface area (Å²) in [4.78, 5) is 13.8. The number of aliphatic hydroxyl groups excluding tert-OH is 10. The second-order valence-electron chi connectivity index (χ2n) is 21.0. The van der Waals surface area contributed by atoms with E-state index in [1.54, 1.807) is 0 Å². The third-order valence-electron chi connectivity index (χ3n) is 17.4. The molecule has 0 amide bonds. The Morgan fingerprint density at radius 1 is 0.724 bits per heavy atom. The molecule has 16 heteroatoms. The molecule has 0 aromatic heterocycles. The number of carboxylic acid groups (broad SMARTS) is 1. The molecule has 11 N–H and O–H groups in total. The fourth-order valence-electron chi connectivity index (χ4n) is 13.9.